The molecule has 194 valence electrons. The van der Waals surface area contributed by atoms with E-state index in [0.29, 0.717) is 12.4 Å². The fraction of sp³-hybridized carbons (Fsp3) is 0.346. The van der Waals surface area contributed by atoms with E-state index in [2.05, 4.69) is 11.3 Å². The van der Waals surface area contributed by atoms with Crippen LogP contribution in [0.3, 0.4) is 0 Å². The lowest BCUT2D eigenvalue weighted by Gasteiger charge is -2.13. The van der Waals surface area contributed by atoms with E-state index in [1.165, 1.54) is 18.2 Å². The Balaban J connectivity index is 2.09. The number of hydrogen-bond acceptors (Lipinski definition) is 7. The van der Waals surface area contributed by atoms with Crippen LogP contribution in [0.4, 0.5) is 13.2 Å². The van der Waals surface area contributed by atoms with Crippen molar-refractivity contribution in [2.75, 3.05) is 19.8 Å². The van der Waals surface area contributed by atoms with Gasteiger partial charge in [0.25, 0.3) is 0 Å². The molecule has 0 aliphatic heterocycles. The molecular formula is C26H27F3O7. The van der Waals surface area contributed by atoms with Gasteiger partial charge < -0.3 is 18.9 Å². The highest BCUT2D eigenvalue weighted by Crippen LogP contribution is 2.25. The molecule has 2 aromatic carbocycles. The summed E-state index contributed by atoms with van der Waals surface area (Å²) < 4.78 is 57.9. The Kier molecular flexibility index (Phi) is 10.5. The third kappa shape index (κ3) is 8.75. The molecule has 0 bridgehead atoms. The maximum atomic E-state index is 12.7. The maximum Gasteiger partial charge on any atom is 0.422 e. The van der Waals surface area contributed by atoms with Crippen molar-refractivity contribution in [1.82, 2.24) is 0 Å². The van der Waals surface area contributed by atoms with Crippen molar-refractivity contribution in [3.05, 3.63) is 71.3 Å². The van der Waals surface area contributed by atoms with Crippen molar-refractivity contribution >= 4 is 17.9 Å². The van der Waals surface area contributed by atoms with Gasteiger partial charge in [0.2, 0.25) is 0 Å². The molecule has 0 spiro atoms. The summed E-state index contributed by atoms with van der Waals surface area (Å²) in [5.74, 6) is -2.83. The lowest BCUT2D eigenvalue weighted by molar-refractivity contribution is -0.151. The fourth-order valence-corrected chi connectivity index (χ4v) is 2.80. The van der Waals surface area contributed by atoms with Crippen LogP contribution in [0.1, 0.15) is 52.5 Å². The molecule has 0 unspecified atom stereocenters. The van der Waals surface area contributed by atoms with Crippen LogP contribution < -0.4 is 9.47 Å². The minimum atomic E-state index is -4.93. The summed E-state index contributed by atoms with van der Waals surface area (Å²) >= 11 is 0. The molecule has 7 nitrogen and oxygen atoms in total. The van der Waals surface area contributed by atoms with Crippen LogP contribution in [0.2, 0.25) is 0 Å². The van der Waals surface area contributed by atoms with E-state index >= 15 is 0 Å². The van der Waals surface area contributed by atoms with Crippen molar-refractivity contribution in [3.63, 3.8) is 0 Å². The second-order valence-electron chi connectivity index (χ2n) is 7.72. The number of esters is 3. The van der Waals surface area contributed by atoms with Crippen molar-refractivity contribution in [3.8, 4) is 11.5 Å². The molecule has 2 aromatic rings. The minimum Gasteiger partial charge on any atom is -0.493 e. The summed E-state index contributed by atoms with van der Waals surface area (Å²) in [6, 6.07) is 10.9. The lowest BCUT2D eigenvalue weighted by Crippen LogP contribution is -2.23. The number of ether oxygens (including phenoxy) is 4. The summed E-state index contributed by atoms with van der Waals surface area (Å²) in [5.41, 5.74) is -0.721. The monoisotopic (exact) mass is 508 g/mol. The number of hydrogen-bond donors (Lipinski definition) is 0. The van der Waals surface area contributed by atoms with Gasteiger partial charge in [-0.2, -0.15) is 13.2 Å². The van der Waals surface area contributed by atoms with E-state index < -0.39 is 42.9 Å². The second kappa shape index (κ2) is 13.3. The molecule has 0 aliphatic rings. The number of alkyl halides is 3. The van der Waals surface area contributed by atoms with Crippen molar-refractivity contribution in [2.24, 2.45) is 0 Å². The van der Waals surface area contributed by atoms with Crippen LogP contribution in [-0.2, 0) is 14.3 Å². The van der Waals surface area contributed by atoms with E-state index in [4.69, 9.17) is 14.2 Å². The van der Waals surface area contributed by atoms with Crippen molar-refractivity contribution in [2.45, 2.75) is 39.3 Å². The van der Waals surface area contributed by atoms with Gasteiger partial charge in [-0.3, -0.25) is 0 Å². The molecule has 0 aromatic heterocycles. The topological polar surface area (TPSA) is 88.1 Å². The molecule has 0 amide bonds. The molecule has 0 heterocycles. The van der Waals surface area contributed by atoms with Crippen LogP contribution in [0.5, 0.6) is 11.5 Å². The Morgan fingerprint density at radius 3 is 2.19 bits per heavy atom. The van der Waals surface area contributed by atoms with E-state index in [0.717, 1.165) is 24.8 Å². The zero-order valence-electron chi connectivity index (χ0n) is 20.0. The Morgan fingerprint density at radius 1 is 0.889 bits per heavy atom. The molecule has 0 aliphatic carbocycles. The average Bonchev–Trinajstić information content (AvgIpc) is 2.84. The highest BCUT2D eigenvalue weighted by molar-refractivity contribution is 5.98. The van der Waals surface area contributed by atoms with Crippen LogP contribution in [0.15, 0.2) is 54.6 Å². The smallest absolute Gasteiger partial charge is 0.422 e. The predicted octanol–water partition coefficient (Wildman–Crippen LogP) is 5.60. The fourth-order valence-electron chi connectivity index (χ4n) is 2.80. The second-order valence-corrected chi connectivity index (χ2v) is 7.72. The van der Waals surface area contributed by atoms with Crippen LogP contribution in [0.25, 0.3) is 0 Å². The van der Waals surface area contributed by atoms with E-state index in [9.17, 15) is 27.6 Å². The summed E-state index contributed by atoms with van der Waals surface area (Å²) in [5, 5.41) is 0. The van der Waals surface area contributed by atoms with E-state index in [1.807, 2.05) is 13.8 Å². The van der Waals surface area contributed by atoms with Gasteiger partial charge in [0, 0.05) is 0 Å². The molecule has 0 fully saturated rings. The van der Waals surface area contributed by atoms with Gasteiger partial charge in [-0.25, -0.2) is 14.4 Å². The molecule has 2 rings (SSSR count). The van der Waals surface area contributed by atoms with Gasteiger partial charge in [0.1, 0.15) is 35.8 Å². The standard InChI is InChI=1S/C26H27F3O7/c1-4-5-6-13-33-22-12-9-19(24(31)36-20-10-7-17(2)8-11-20)16-21(22)25(32)35-15-14-34-23(30)18(3)26(27,28)29/h7-12,16H,3-6,13-15H2,1-2H3. The van der Waals surface area contributed by atoms with Gasteiger partial charge in [-0.05, 0) is 43.7 Å². The predicted molar refractivity (Wildman–Crippen MR) is 124 cm³/mol. The summed E-state index contributed by atoms with van der Waals surface area (Å²) in [4.78, 5) is 36.6. The summed E-state index contributed by atoms with van der Waals surface area (Å²) in [7, 11) is 0. The Labute approximate surface area is 206 Å². The number of carbonyl (C=O) groups excluding carboxylic acids is 3. The molecule has 0 saturated carbocycles. The maximum absolute atomic E-state index is 12.7. The first-order valence-corrected chi connectivity index (χ1v) is 11.2. The van der Waals surface area contributed by atoms with Gasteiger partial charge in [-0.15, -0.1) is 0 Å². The first kappa shape index (κ1) is 28.4. The average molecular weight is 508 g/mol. The zero-order valence-corrected chi connectivity index (χ0v) is 20.0. The van der Waals surface area contributed by atoms with Crippen LogP contribution >= 0.6 is 0 Å². The molecule has 36 heavy (non-hydrogen) atoms. The third-order valence-corrected chi connectivity index (χ3v) is 4.81. The number of unbranched alkanes of at least 4 members (excludes halogenated alkanes) is 2. The Bertz CT molecular complexity index is 1080. The number of halogens is 3. The number of carbonyl (C=O) groups is 3. The largest absolute Gasteiger partial charge is 0.493 e. The molecule has 10 heteroatoms. The summed E-state index contributed by atoms with van der Waals surface area (Å²) in [6.45, 7) is 5.71. The highest BCUT2D eigenvalue weighted by Gasteiger charge is 2.37. The van der Waals surface area contributed by atoms with Gasteiger partial charge in [0.15, 0.2) is 0 Å². The highest BCUT2D eigenvalue weighted by atomic mass is 19.4. The third-order valence-electron chi connectivity index (χ3n) is 4.81. The van der Waals surface area contributed by atoms with Gasteiger partial charge in [-0.1, -0.05) is 44.0 Å². The first-order valence-electron chi connectivity index (χ1n) is 11.2. The van der Waals surface area contributed by atoms with E-state index in [-0.39, 0.29) is 16.9 Å². The Morgan fingerprint density at radius 2 is 1.56 bits per heavy atom. The van der Waals surface area contributed by atoms with Crippen molar-refractivity contribution in [1.29, 1.82) is 0 Å². The van der Waals surface area contributed by atoms with E-state index in [1.54, 1.807) is 24.3 Å². The molecule has 0 radical (unpaired) electrons. The van der Waals surface area contributed by atoms with Crippen molar-refractivity contribution < 1.29 is 46.5 Å². The number of aryl methyl sites for hydroxylation is 1. The summed E-state index contributed by atoms with van der Waals surface area (Å²) in [6.07, 6.45) is -2.32. The molecule has 0 N–H and O–H groups in total. The molecule has 0 saturated heterocycles. The normalized spacial score (nSPS) is 10.9. The molecular weight excluding hydrogens is 481 g/mol. The lowest BCUT2D eigenvalue weighted by atomic mass is 10.1. The number of benzene rings is 2. The SMILES string of the molecule is C=C(C(=O)OCCOC(=O)c1cc(C(=O)Oc2ccc(C)cc2)ccc1OCCCCC)C(F)(F)F. The Hall–Kier alpha value is -3.82. The molecule has 0 atom stereocenters. The quantitative estimate of drug-likeness (QED) is 0.160. The first-order chi connectivity index (χ1) is 17.0. The number of rotatable bonds is 12. The van der Waals surface area contributed by atoms with Crippen LogP contribution in [-0.4, -0.2) is 43.9 Å². The van der Waals surface area contributed by atoms with Gasteiger partial charge in [0.05, 0.1) is 12.2 Å². The minimum absolute atomic E-state index is 0.0522. The zero-order chi connectivity index (χ0) is 26.7. The van der Waals surface area contributed by atoms with Gasteiger partial charge >= 0.3 is 24.1 Å². The van der Waals surface area contributed by atoms with Crippen LogP contribution in [0, 0.1) is 6.92 Å².